The van der Waals surface area contributed by atoms with E-state index in [1.165, 1.54) is 14.2 Å². The van der Waals surface area contributed by atoms with Crippen LogP contribution in [0.4, 0.5) is 5.69 Å². The average Bonchev–Trinajstić information content (AvgIpc) is 2.60. The summed E-state index contributed by atoms with van der Waals surface area (Å²) in [5.41, 5.74) is 1.06. The summed E-state index contributed by atoms with van der Waals surface area (Å²) >= 11 is 14.7. The number of halogens is 3. The molecule has 90 valence electrons. The van der Waals surface area contributed by atoms with Crippen LogP contribution in [0.15, 0.2) is 33.2 Å². The van der Waals surface area contributed by atoms with Crippen molar-refractivity contribution < 1.29 is 0 Å². The monoisotopic (exact) mass is 393 g/mol. The van der Waals surface area contributed by atoms with Crippen LogP contribution >= 0.6 is 54.8 Å². The molecular formula is C12H10Br2ClNS. The van der Waals surface area contributed by atoms with Crippen molar-refractivity contribution in [3.05, 3.63) is 48.0 Å². The zero-order valence-electron chi connectivity index (χ0n) is 9.06. The van der Waals surface area contributed by atoms with Gasteiger partial charge in [0.2, 0.25) is 0 Å². The lowest BCUT2D eigenvalue weighted by Crippen LogP contribution is -1.96. The van der Waals surface area contributed by atoms with Gasteiger partial charge in [-0.25, -0.2) is 0 Å². The highest BCUT2D eigenvalue weighted by Crippen LogP contribution is 2.28. The summed E-state index contributed by atoms with van der Waals surface area (Å²) in [6.45, 7) is 2.93. The molecule has 5 heteroatoms. The van der Waals surface area contributed by atoms with E-state index in [0.717, 1.165) is 21.7 Å². The standard InChI is InChI=1S/C12H10Br2ClNS/c1-7-10(13)5-9(17-7)6-16-8-2-3-12(15)11(14)4-8/h2-5,16H,6H2,1H3. The maximum absolute atomic E-state index is 5.94. The predicted octanol–water partition coefficient (Wildman–Crippen LogP) is 5.85. The lowest BCUT2D eigenvalue weighted by atomic mass is 10.3. The SMILES string of the molecule is Cc1sc(CNc2ccc(Cl)c(Br)c2)cc1Br. The number of anilines is 1. The molecule has 0 amide bonds. The number of nitrogens with one attached hydrogen (secondary N) is 1. The number of hydrogen-bond donors (Lipinski definition) is 1. The molecule has 0 radical (unpaired) electrons. The number of hydrogen-bond acceptors (Lipinski definition) is 2. The van der Waals surface area contributed by atoms with Crippen LogP contribution in [-0.4, -0.2) is 0 Å². The van der Waals surface area contributed by atoms with Crippen LogP contribution in [0.1, 0.15) is 9.75 Å². The smallest absolute Gasteiger partial charge is 0.0549 e. The van der Waals surface area contributed by atoms with Gasteiger partial charge in [0.25, 0.3) is 0 Å². The summed E-state index contributed by atoms with van der Waals surface area (Å²) in [5, 5.41) is 4.10. The molecule has 0 bridgehead atoms. The van der Waals surface area contributed by atoms with Gasteiger partial charge in [-0.3, -0.25) is 0 Å². The quantitative estimate of drug-likeness (QED) is 0.688. The molecule has 0 spiro atoms. The van der Waals surface area contributed by atoms with E-state index in [-0.39, 0.29) is 0 Å². The normalized spacial score (nSPS) is 10.6. The van der Waals surface area contributed by atoms with Crippen molar-refractivity contribution in [1.29, 1.82) is 0 Å². The Labute approximate surface area is 126 Å². The lowest BCUT2D eigenvalue weighted by Gasteiger charge is -2.05. The van der Waals surface area contributed by atoms with Gasteiger partial charge in [0.15, 0.2) is 0 Å². The molecule has 0 aliphatic heterocycles. The molecule has 1 nitrogen and oxygen atoms in total. The highest BCUT2D eigenvalue weighted by atomic mass is 79.9. The minimum absolute atomic E-state index is 0.727. The van der Waals surface area contributed by atoms with Crippen molar-refractivity contribution in [2.75, 3.05) is 5.32 Å². The second-order valence-electron chi connectivity index (χ2n) is 3.60. The Bertz CT molecular complexity index is 520. The van der Waals surface area contributed by atoms with E-state index in [4.69, 9.17) is 11.6 Å². The first kappa shape index (κ1) is 13.4. The van der Waals surface area contributed by atoms with Gasteiger partial charge in [0.1, 0.15) is 0 Å². The van der Waals surface area contributed by atoms with Crippen molar-refractivity contribution in [3.8, 4) is 0 Å². The zero-order valence-corrected chi connectivity index (χ0v) is 13.8. The van der Waals surface area contributed by atoms with Crippen LogP contribution in [0.2, 0.25) is 5.02 Å². The van der Waals surface area contributed by atoms with Gasteiger partial charge in [-0.05, 0) is 63.0 Å². The third kappa shape index (κ3) is 3.47. The Morgan fingerprint density at radius 2 is 2.00 bits per heavy atom. The van der Waals surface area contributed by atoms with Crippen molar-refractivity contribution in [2.24, 2.45) is 0 Å². The van der Waals surface area contributed by atoms with Gasteiger partial charge >= 0.3 is 0 Å². The number of aryl methyl sites for hydroxylation is 1. The van der Waals surface area contributed by atoms with E-state index in [9.17, 15) is 0 Å². The first-order valence-electron chi connectivity index (χ1n) is 5.00. The van der Waals surface area contributed by atoms with Crippen LogP contribution in [-0.2, 0) is 6.54 Å². The van der Waals surface area contributed by atoms with Gasteiger partial charge in [-0.2, -0.15) is 0 Å². The summed E-state index contributed by atoms with van der Waals surface area (Å²) in [6, 6.07) is 7.99. The van der Waals surface area contributed by atoms with Gasteiger partial charge < -0.3 is 5.32 Å². The maximum Gasteiger partial charge on any atom is 0.0549 e. The molecule has 2 aromatic rings. The van der Waals surface area contributed by atoms with E-state index in [1.54, 1.807) is 11.3 Å². The molecule has 0 unspecified atom stereocenters. The zero-order chi connectivity index (χ0) is 12.4. The Morgan fingerprint density at radius 3 is 2.59 bits per heavy atom. The minimum atomic E-state index is 0.727. The van der Waals surface area contributed by atoms with E-state index < -0.39 is 0 Å². The Balaban J connectivity index is 2.04. The molecule has 0 saturated heterocycles. The molecule has 17 heavy (non-hydrogen) atoms. The van der Waals surface area contributed by atoms with E-state index in [1.807, 2.05) is 18.2 Å². The minimum Gasteiger partial charge on any atom is -0.380 e. The van der Waals surface area contributed by atoms with Gasteiger partial charge in [-0.15, -0.1) is 11.3 Å². The first-order valence-corrected chi connectivity index (χ1v) is 7.78. The maximum atomic E-state index is 5.94. The third-order valence-corrected chi connectivity index (χ3v) is 5.65. The average molecular weight is 396 g/mol. The predicted molar refractivity (Wildman–Crippen MR) is 83.2 cm³/mol. The molecule has 0 saturated carbocycles. The molecule has 1 N–H and O–H groups in total. The van der Waals surface area contributed by atoms with Crippen LogP contribution in [0.25, 0.3) is 0 Å². The van der Waals surface area contributed by atoms with Gasteiger partial charge in [-0.1, -0.05) is 11.6 Å². The van der Waals surface area contributed by atoms with Crippen molar-refractivity contribution in [3.63, 3.8) is 0 Å². The van der Waals surface area contributed by atoms with Crippen molar-refractivity contribution >= 4 is 60.5 Å². The molecule has 0 fully saturated rings. The second kappa shape index (κ2) is 5.74. The first-order chi connectivity index (χ1) is 8.06. The summed E-state index contributed by atoms with van der Waals surface area (Å²) in [7, 11) is 0. The van der Waals surface area contributed by atoms with Crippen molar-refractivity contribution in [2.45, 2.75) is 13.5 Å². The topological polar surface area (TPSA) is 12.0 Å². The van der Waals surface area contributed by atoms with Crippen molar-refractivity contribution in [1.82, 2.24) is 0 Å². The third-order valence-electron chi connectivity index (χ3n) is 2.29. The van der Waals surface area contributed by atoms with Crippen LogP contribution < -0.4 is 5.32 Å². The summed E-state index contributed by atoms with van der Waals surface area (Å²) in [6.07, 6.45) is 0. The summed E-state index contributed by atoms with van der Waals surface area (Å²) < 4.78 is 2.09. The second-order valence-corrected chi connectivity index (χ2v) is 7.06. The molecule has 0 aliphatic carbocycles. The Morgan fingerprint density at radius 1 is 1.24 bits per heavy atom. The fourth-order valence-electron chi connectivity index (χ4n) is 1.40. The fraction of sp³-hybridized carbons (Fsp3) is 0.167. The van der Waals surface area contributed by atoms with Gasteiger partial charge in [0.05, 0.1) is 5.02 Å². The van der Waals surface area contributed by atoms with Crippen LogP contribution in [0.5, 0.6) is 0 Å². The molecular weight excluding hydrogens is 385 g/mol. The van der Waals surface area contributed by atoms with Crippen LogP contribution in [0, 0.1) is 6.92 Å². The molecule has 2 rings (SSSR count). The summed E-state index contributed by atoms with van der Waals surface area (Å²) in [4.78, 5) is 2.61. The molecule has 1 aromatic heterocycles. The van der Waals surface area contributed by atoms with Gasteiger partial charge in [0, 0.05) is 30.9 Å². The van der Waals surface area contributed by atoms with Crippen LogP contribution in [0.3, 0.4) is 0 Å². The molecule has 1 heterocycles. The molecule has 1 aromatic carbocycles. The van der Waals surface area contributed by atoms with E-state index >= 15 is 0 Å². The lowest BCUT2D eigenvalue weighted by molar-refractivity contribution is 1.19. The highest BCUT2D eigenvalue weighted by molar-refractivity contribution is 9.10. The number of benzene rings is 1. The molecule has 0 atom stereocenters. The number of rotatable bonds is 3. The highest BCUT2D eigenvalue weighted by Gasteiger charge is 2.03. The Kier molecular flexibility index (Phi) is 4.53. The largest absolute Gasteiger partial charge is 0.380 e. The van der Waals surface area contributed by atoms with E-state index in [0.29, 0.717) is 0 Å². The number of thiophene rings is 1. The summed E-state index contributed by atoms with van der Waals surface area (Å²) in [5.74, 6) is 0. The molecule has 0 aliphatic rings. The fourth-order valence-corrected chi connectivity index (χ4v) is 3.44. The Hall–Kier alpha value is -0.0300. The van der Waals surface area contributed by atoms with E-state index in [2.05, 4.69) is 50.2 Å².